The van der Waals surface area contributed by atoms with Gasteiger partial charge in [-0.2, -0.15) is 0 Å². The third-order valence-electron chi connectivity index (χ3n) is 5.28. The molecule has 0 aliphatic heterocycles. The molecule has 3 rings (SSSR count). The minimum absolute atomic E-state index is 0.0742. The van der Waals surface area contributed by atoms with Gasteiger partial charge in [0, 0.05) is 22.5 Å². The van der Waals surface area contributed by atoms with Gasteiger partial charge in [-0.3, -0.25) is 9.10 Å². The fourth-order valence-electron chi connectivity index (χ4n) is 3.34. The standard InChI is InChI=1S/C26H29ClN2O5S2/c1-19-5-12-23(13-6-19)36(31,32)29(24-17-21(33-2)9-14-25(24)34-3)18-26(30)28-15-4-16-35-22-10-7-20(27)8-11-22/h5-14,17H,4,15-16,18H2,1-3H3,(H,28,30). The lowest BCUT2D eigenvalue weighted by Crippen LogP contribution is -2.41. The zero-order valence-electron chi connectivity index (χ0n) is 20.4. The van der Waals surface area contributed by atoms with Crippen LogP contribution < -0.4 is 19.1 Å². The second-order valence-electron chi connectivity index (χ2n) is 7.87. The number of anilines is 1. The number of benzene rings is 3. The molecular weight excluding hydrogens is 520 g/mol. The lowest BCUT2D eigenvalue weighted by atomic mass is 10.2. The zero-order valence-corrected chi connectivity index (χ0v) is 22.8. The average Bonchev–Trinajstić information content (AvgIpc) is 2.88. The molecule has 10 heteroatoms. The van der Waals surface area contributed by atoms with Crippen LogP contribution in [-0.4, -0.2) is 47.4 Å². The Labute approximate surface area is 221 Å². The highest BCUT2D eigenvalue weighted by atomic mass is 35.5. The number of aryl methyl sites for hydroxylation is 1. The van der Waals surface area contributed by atoms with Crippen molar-refractivity contribution in [3.63, 3.8) is 0 Å². The maximum absolute atomic E-state index is 13.6. The topological polar surface area (TPSA) is 84.9 Å². The number of halogens is 1. The number of carbonyl (C=O) groups excluding carboxylic acids is 1. The molecule has 7 nitrogen and oxygen atoms in total. The van der Waals surface area contributed by atoms with Crippen LogP contribution in [0.4, 0.5) is 5.69 Å². The van der Waals surface area contributed by atoms with Crippen LogP contribution in [0, 0.1) is 6.92 Å². The predicted molar refractivity (Wildman–Crippen MR) is 145 cm³/mol. The first-order valence-corrected chi connectivity index (χ1v) is 14.0. The summed E-state index contributed by atoms with van der Waals surface area (Å²) in [7, 11) is -1.15. The largest absolute Gasteiger partial charge is 0.497 e. The number of thioether (sulfide) groups is 1. The molecule has 0 fully saturated rings. The first-order valence-electron chi connectivity index (χ1n) is 11.2. The van der Waals surface area contributed by atoms with Crippen molar-refractivity contribution in [2.75, 3.05) is 37.4 Å². The van der Waals surface area contributed by atoms with Crippen LogP contribution in [0.2, 0.25) is 5.02 Å². The maximum Gasteiger partial charge on any atom is 0.264 e. The summed E-state index contributed by atoms with van der Waals surface area (Å²) in [6.45, 7) is 1.87. The monoisotopic (exact) mass is 548 g/mol. The van der Waals surface area contributed by atoms with Crippen molar-refractivity contribution in [3.05, 3.63) is 77.3 Å². The van der Waals surface area contributed by atoms with E-state index in [4.69, 9.17) is 21.1 Å². The molecule has 3 aromatic rings. The third kappa shape index (κ3) is 7.32. The molecule has 0 aliphatic carbocycles. The number of amides is 1. The number of rotatable bonds is 12. The van der Waals surface area contributed by atoms with Crippen LogP contribution in [0.3, 0.4) is 0 Å². The molecule has 0 bridgehead atoms. The molecule has 0 saturated heterocycles. The van der Waals surface area contributed by atoms with E-state index in [0.717, 1.165) is 20.5 Å². The van der Waals surface area contributed by atoms with Crippen LogP contribution in [0.1, 0.15) is 12.0 Å². The summed E-state index contributed by atoms with van der Waals surface area (Å²) in [6, 6.07) is 18.9. The Morgan fingerprint density at radius 2 is 1.69 bits per heavy atom. The van der Waals surface area contributed by atoms with Crippen molar-refractivity contribution in [2.24, 2.45) is 0 Å². The minimum Gasteiger partial charge on any atom is -0.497 e. The molecule has 0 saturated carbocycles. The number of sulfonamides is 1. The second kappa shape index (κ2) is 12.9. The average molecular weight is 549 g/mol. The van der Waals surface area contributed by atoms with Gasteiger partial charge in [0.15, 0.2) is 0 Å². The Hall–Kier alpha value is -2.88. The van der Waals surface area contributed by atoms with E-state index in [1.807, 2.05) is 31.2 Å². The number of nitrogens with zero attached hydrogens (tertiary/aromatic N) is 1. The van der Waals surface area contributed by atoms with Crippen molar-refractivity contribution < 1.29 is 22.7 Å². The van der Waals surface area contributed by atoms with Gasteiger partial charge in [-0.05, 0) is 67.6 Å². The van der Waals surface area contributed by atoms with Crippen LogP contribution in [-0.2, 0) is 14.8 Å². The van der Waals surface area contributed by atoms with Gasteiger partial charge in [-0.25, -0.2) is 8.42 Å². The van der Waals surface area contributed by atoms with E-state index in [-0.39, 0.29) is 10.6 Å². The van der Waals surface area contributed by atoms with Gasteiger partial charge in [0.2, 0.25) is 5.91 Å². The van der Waals surface area contributed by atoms with Gasteiger partial charge in [0.1, 0.15) is 18.0 Å². The quantitative estimate of drug-likeness (QED) is 0.248. The van der Waals surface area contributed by atoms with E-state index in [1.54, 1.807) is 42.1 Å². The number of nitrogens with one attached hydrogen (secondary N) is 1. The third-order valence-corrected chi connectivity index (χ3v) is 8.40. The molecule has 1 N–H and O–H groups in total. The van der Waals surface area contributed by atoms with Gasteiger partial charge in [-0.15, -0.1) is 11.8 Å². The zero-order chi connectivity index (χ0) is 26.1. The number of hydrogen-bond acceptors (Lipinski definition) is 6. The van der Waals surface area contributed by atoms with E-state index in [1.165, 1.54) is 26.4 Å². The SMILES string of the molecule is COc1ccc(OC)c(N(CC(=O)NCCCSc2ccc(Cl)cc2)S(=O)(=O)c2ccc(C)cc2)c1. The van der Waals surface area contributed by atoms with Gasteiger partial charge in [0.05, 0.1) is 24.8 Å². The predicted octanol–water partition coefficient (Wildman–Crippen LogP) is 5.16. The van der Waals surface area contributed by atoms with Crippen molar-refractivity contribution >= 4 is 45.0 Å². The molecule has 0 unspecified atom stereocenters. The van der Waals surface area contributed by atoms with Gasteiger partial charge >= 0.3 is 0 Å². The van der Waals surface area contributed by atoms with Crippen molar-refractivity contribution in [1.29, 1.82) is 0 Å². The van der Waals surface area contributed by atoms with E-state index < -0.39 is 22.5 Å². The fourth-order valence-corrected chi connectivity index (χ4v) is 5.74. The Bertz CT molecular complexity index is 1270. The Morgan fingerprint density at radius 1 is 1.00 bits per heavy atom. The van der Waals surface area contributed by atoms with E-state index >= 15 is 0 Å². The number of hydrogen-bond donors (Lipinski definition) is 1. The lowest BCUT2D eigenvalue weighted by molar-refractivity contribution is -0.119. The summed E-state index contributed by atoms with van der Waals surface area (Å²) in [5, 5.41) is 3.51. The van der Waals surface area contributed by atoms with Gasteiger partial charge < -0.3 is 14.8 Å². The summed E-state index contributed by atoms with van der Waals surface area (Å²) in [4.78, 5) is 14.0. The minimum atomic E-state index is -4.08. The van der Waals surface area contributed by atoms with Crippen LogP contribution in [0.15, 0.2) is 76.5 Å². The Kier molecular flexibility index (Phi) is 9.92. The van der Waals surface area contributed by atoms with E-state index in [0.29, 0.717) is 29.5 Å². The van der Waals surface area contributed by atoms with Gasteiger partial charge in [0.25, 0.3) is 10.0 Å². The number of carbonyl (C=O) groups is 1. The smallest absolute Gasteiger partial charge is 0.264 e. The number of ether oxygens (including phenoxy) is 2. The fraction of sp³-hybridized carbons (Fsp3) is 0.269. The van der Waals surface area contributed by atoms with Gasteiger partial charge in [-0.1, -0.05) is 29.3 Å². The molecule has 0 aromatic heterocycles. The molecule has 0 aliphatic rings. The summed E-state index contributed by atoms with van der Waals surface area (Å²) in [5.74, 6) is 1.11. The molecular formula is C26H29ClN2O5S2. The second-order valence-corrected chi connectivity index (χ2v) is 11.3. The summed E-state index contributed by atoms with van der Waals surface area (Å²) >= 11 is 7.57. The molecule has 0 heterocycles. The lowest BCUT2D eigenvalue weighted by Gasteiger charge is -2.26. The summed E-state index contributed by atoms with van der Waals surface area (Å²) in [6.07, 6.45) is 0.715. The summed E-state index contributed by atoms with van der Waals surface area (Å²) in [5.41, 5.74) is 1.14. The Morgan fingerprint density at radius 3 is 2.33 bits per heavy atom. The van der Waals surface area contributed by atoms with Crippen LogP contribution >= 0.6 is 23.4 Å². The van der Waals surface area contributed by atoms with E-state index in [2.05, 4.69) is 5.32 Å². The first kappa shape index (κ1) is 27.7. The van der Waals surface area contributed by atoms with Crippen molar-refractivity contribution in [2.45, 2.75) is 23.1 Å². The molecule has 192 valence electrons. The molecule has 36 heavy (non-hydrogen) atoms. The van der Waals surface area contributed by atoms with Crippen LogP contribution in [0.5, 0.6) is 11.5 Å². The molecule has 0 atom stereocenters. The molecule has 0 radical (unpaired) electrons. The molecule has 3 aromatic carbocycles. The number of methoxy groups -OCH3 is 2. The Balaban J connectivity index is 1.75. The first-order chi connectivity index (χ1) is 17.2. The van der Waals surface area contributed by atoms with E-state index in [9.17, 15) is 13.2 Å². The molecule has 1 amide bonds. The summed E-state index contributed by atoms with van der Waals surface area (Å²) < 4.78 is 39.0. The highest BCUT2D eigenvalue weighted by Crippen LogP contribution is 2.35. The molecule has 0 spiro atoms. The van der Waals surface area contributed by atoms with Crippen molar-refractivity contribution in [1.82, 2.24) is 5.32 Å². The highest BCUT2D eigenvalue weighted by Gasteiger charge is 2.30. The van der Waals surface area contributed by atoms with Crippen molar-refractivity contribution in [3.8, 4) is 11.5 Å². The normalized spacial score (nSPS) is 11.1. The highest BCUT2D eigenvalue weighted by molar-refractivity contribution is 7.99. The van der Waals surface area contributed by atoms with Crippen LogP contribution in [0.25, 0.3) is 0 Å². The maximum atomic E-state index is 13.6.